The zero-order valence-electron chi connectivity index (χ0n) is 24.0. The summed E-state index contributed by atoms with van der Waals surface area (Å²) in [7, 11) is 0. The number of carbonyl (C=O) groups excluding carboxylic acids is 3. The van der Waals surface area contributed by atoms with E-state index >= 15 is 4.39 Å². The Morgan fingerprint density at radius 2 is 1.14 bits per heavy atom. The van der Waals surface area contributed by atoms with Gasteiger partial charge in [-0.3, -0.25) is 0 Å². The molecule has 0 aromatic heterocycles. The van der Waals surface area contributed by atoms with Crippen LogP contribution in [0.3, 0.4) is 0 Å². The third-order valence-corrected chi connectivity index (χ3v) is 5.60. The highest BCUT2D eigenvalue weighted by Crippen LogP contribution is 2.44. The van der Waals surface area contributed by atoms with Gasteiger partial charge in [-0.1, -0.05) is 38.4 Å². The van der Waals surface area contributed by atoms with E-state index in [0.717, 1.165) is 6.07 Å². The number of hydrogen-bond acceptors (Lipinski definition) is 7. The molecule has 0 N–H and O–H groups in total. The summed E-state index contributed by atoms with van der Waals surface area (Å²) in [6.07, 6.45) is 0. The summed E-state index contributed by atoms with van der Waals surface area (Å²) in [5.41, 5.74) is 2.67. The molecule has 0 saturated heterocycles. The van der Waals surface area contributed by atoms with Crippen LogP contribution in [0.25, 0.3) is 22.3 Å². The van der Waals surface area contributed by atoms with Gasteiger partial charge < -0.3 is 18.9 Å². The largest absolute Gasteiger partial charge is 0.488 e. The zero-order chi connectivity index (χ0) is 31.1. The normalized spacial score (nSPS) is 10.3. The van der Waals surface area contributed by atoms with Crippen LogP contribution in [-0.4, -0.2) is 24.5 Å². The zero-order valence-corrected chi connectivity index (χ0v) is 24.0. The summed E-state index contributed by atoms with van der Waals surface area (Å²) in [5, 5.41) is 0. The summed E-state index contributed by atoms with van der Waals surface area (Å²) < 4.78 is 37.5. The van der Waals surface area contributed by atoms with E-state index in [4.69, 9.17) is 18.9 Å². The predicted molar refractivity (Wildman–Crippen MR) is 159 cm³/mol. The number of carbonyl (C=O) groups is 3. The van der Waals surface area contributed by atoms with E-state index in [9.17, 15) is 14.4 Å². The van der Waals surface area contributed by atoms with Crippen LogP contribution in [0, 0.1) is 5.82 Å². The van der Waals surface area contributed by atoms with Crippen molar-refractivity contribution < 1.29 is 37.7 Å². The van der Waals surface area contributed by atoms with Gasteiger partial charge in [0.2, 0.25) is 0 Å². The monoisotopic (exact) mass is 570 g/mol. The van der Waals surface area contributed by atoms with Crippen LogP contribution in [0.5, 0.6) is 23.0 Å². The molecule has 0 aliphatic heterocycles. The first-order valence-electron chi connectivity index (χ1n) is 12.8. The highest BCUT2D eigenvalue weighted by Gasteiger charge is 2.21. The van der Waals surface area contributed by atoms with Gasteiger partial charge in [0.15, 0.2) is 0 Å². The number of hydrogen-bond donors (Lipinski definition) is 0. The minimum Gasteiger partial charge on any atom is -0.488 e. The lowest BCUT2D eigenvalue weighted by molar-refractivity contribution is -0.130. The molecule has 0 radical (unpaired) electrons. The van der Waals surface area contributed by atoms with Crippen LogP contribution in [0.15, 0.2) is 103 Å². The summed E-state index contributed by atoms with van der Waals surface area (Å²) in [6, 6.07) is 13.5. The van der Waals surface area contributed by atoms with Crippen LogP contribution in [-0.2, 0) is 14.4 Å². The van der Waals surface area contributed by atoms with Crippen LogP contribution < -0.4 is 18.9 Å². The molecule has 3 aromatic carbocycles. The van der Waals surface area contributed by atoms with Crippen molar-refractivity contribution in [1.82, 2.24) is 0 Å². The lowest BCUT2D eigenvalue weighted by atomic mass is 9.97. The molecule has 0 fully saturated rings. The standard InChI is InChI=1S/C34H31FO7/c1-19(2)18-39-29-15-24(27-14-13-26(17-28(27)35)41-33(37)21(5)6)16-30(42-34(38)22(7)8)31(29)23-9-11-25(12-10-23)40-32(36)20(3)4/h9-17H,1,3,5,7,18H2,2,4,6,8H3. The molecule has 0 amide bonds. The second-order valence-electron chi connectivity index (χ2n) is 9.77. The lowest BCUT2D eigenvalue weighted by Gasteiger charge is -2.19. The fourth-order valence-electron chi connectivity index (χ4n) is 3.48. The average molecular weight is 571 g/mol. The van der Waals surface area contributed by atoms with E-state index in [1.807, 2.05) is 0 Å². The third-order valence-electron chi connectivity index (χ3n) is 5.60. The Balaban J connectivity index is 2.18. The molecule has 3 rings (SSSR count). The molecule has 3 aromatic rings. The van der Waals surface area contributed by atoms with Crippen molar-refractivity contribution in [2.75, 3.05) is 6.61 Å². The van der Waals surface area contributed by atoms with Crippen LogP contribution in [0.2, 0.25) is 0 Å². The number of halogens is 1. The maximum Gasteiger partial charge on any atom is 0.338 e. The summed E-state index contributed by atoms with van der Waals surface area (Å²) in [6.45, 7) is 21.0. The van der Waals surface area contributed by atoms with Crippen molar-refractivity contribution in [3.05, 3.63) is 109 Å². The topological polar surface area (TPSA) is 88.1 Å². The van der Waals surface area contributed by atoms with Crippen molar-refractivity contribution in [2.45, 2.75) is 27.7 Å². The lowest BCUT2D eigenvalue weighted by Crippen LogP contribution is -2.10. The van der Waals surface area contributed by atoms with E-state index in [2.05, 4.69) is 26.3 Å². The van der Waals surface area contributed by atoms with Crippen LogP contribution in [0.1, 0.15) is 27.7 Å². The van der Waals surface area contributed by atoms with E-state index in [1.165, 1.54) is 39.0 Å². The van der Waals surface area contributed by atoms with E-state index in [-0.39, 0.29) is 51.9 Å². The maximum absolute atomic E-state index is 15.3. The smallest absolute Gasteiger partial charge is 0.338 e. The summed E-state index contributed by atoms with van der Waals surface area (Å²) >= 11 is 0. The van der Waals surface area contributed by atoms with E-state index in [1.54, 1.807) is 37.3 Å². The van der Waals surface area contributed by atoms with E-state index < -0.39 is 23.7 Å². The molecular formula is C34H31FO7. The van der Waals surface area contributed by atoms with Gasteiger partial charge in [-0.05, 0) is 80.8 Å². The minimum atomic E-state index is -0.700. The Kier molecular flexibility index (Phi) is 9.99. The molecule has 0 unspecified atom stereocenters. The maximum atomic E-state index is 15.3. The third kappa shape index (κ3) is 7.91. The summed E-state index contributed by atoms with van der Waals surface area (Å²) in [4.78, 5) is 36.5. The first kappa shape index (κ1) is 31.3. The Hall–Kier alpha value is -5.24. The molecular weight excluding hydrogens is 539 g/mol. The molecule has 216 valence electrons. The predicted octanol–water partition coefficient (Wildman–Crippen LogP) is 7.56. The second kappa shape index (κ2) is 13.4. The molecule has 7 nitrogen and oxygen atoms in total. The van der Waals surface area contributed by atoms with Crippen molar-refractivity contribution >= 4 is 17.9 Å². The van der Waals surface area contributed by atoms with Gasteiger partial charge in [0.25, 0.3) is 0 Å². The Morgan fingerprint density at radius 1 is 0.643 bits per heavy atom. The van der Waals surface area contributed by atoms with Gasteiger partial charge in [-0.2, -0.15) is 0 Å². The van der Waals surface area contributed by atoms with Gasteiger partial charge in [0.05, 0.1) is 5.56 Å². The van der Waals surface area contributed by atoms with Gasteiger partial charge in [0, 0.05) is 28.3 Å². The Morgan fingerprint density at radius 3 is 1.67 bits per heavy atom. The van der Waals surface area contributed by atoms with Gasteiger partial charge in [0.1, 0.15) is 35.4 Å². The summed E-state index contributed by atoms with van der Waals surface area (Å²) in [5.74, 6) is -2.03. The molecule has 0 saturated carbocycles. The number of ether oxygens (including phenoxy) is 4. The van der Waals surface area contributed by atoms with Crippen molar-refractivity contribution in [3.8, 4) is 45.3 Å². The van der Waals surface area contributed by atoms with Crippen molar-refractivity contribution in [3.63, 3.8) is 0 Å². The van der Waals surface area contributed by atoms with Crippen LogP contribution >= 0.6 is 0 Å². The SMILES string of the molecule is C=C(C)COc1cc(-c2ccc(OC(=O)C(=C)C)cc2F)cc(OC(=O)C(=C)C)c1-c1ccc(OC(=O)C(=C)C)cc1. The highest BCUT2D eigenvalue weighted by molar-refractivity contribution is 5.92. The molecule has 8 heteroatoms. The fraction of sp³-hybridized carbons (Fsp3) is 0.147. The fourth-order valence-corrected chi connectivity index (χ4v) is 3.48. The second-order valence-corrected chi connectivity index (χ2v) is 9.77. The van der Waals surface area contributed by atoms with Gasteiger partial charge in [-0.25, -0.2) is 18.8 Å². The number of esters is 3. The molecule has 0 aliphatic rings. The number of benzene rings is 3. The Bertz CT molecular complexity index is 1610. The average Bonchev–Trinajstić information content (AvgIpc) is 2.92. The Labute approximate surface area is 244 Å². The van der Waals surface area contributed by atoms with Gasteiger partial charge in [-0.15, -0.1) is 0 Å². The molecule has 42 heavy (non-hydrogen) atoms. The van der Waals surface area contributed by atoms with Crippen LogP contribution in [0.4, 0.5) is 4.39 Å². The first-order chi connectivity index (χ1) is 19.8. The molecule has 0 heterocycles. The molecule has 0 spiro atoms. The molecule has 0 bridgehead atoms. The molecule has 0 aliphatic carbocycles. The number of rotatable bonds is 11. The first-order valence-corrected chi connectivity index (χ1v) is 12.8. The van der Waals surface area contributed by atoms with Crippen molar-refractivity contribution in [1.29, 1.82) is 0 Å². The quantitative estimate of drug-likeness (QED) is 0.102. The minimum absolute atomic E-state index is 0.000924. The highest BCUT2D eigenvalue weighted by atomic mass is 19.1. The van der Waals surface area contributed by atoms with Crippen molar-refractivity contribution in [2.24, 2.45) is 0 Å². The van der Waals surface area contributed by atoms with Gasteiger partial charge >= 0.3 is 17.9 Å². The molecule has 0 atom stereocenters. The van der Waals surface area contributed by atoms with E-state index in [0.29, 0.717) is 22.3 Å².